The number of hydrogen-bond donors (Lipinski definition) is 2. The second-order valence-corrected chi connectivity index (χ2v) is 4.85. The number of hydrogen-bond acceptors (Lipinski definition) is 4. The van der Waals surface area contributed by atoms with Crippen LogP contribution >= 0.6 is 0 Å². The van der Waals surface area contributed by atoms with Crippen LogP contribution in [0, 0.1) is 6.92 Å². The minimum atomic E-state index is -1.88. The second-order valence-electron chi connectivity index (χ2n) is 4.85. The van der Waals surface area contributed by atoms with Gasteiger partial charge in [0.15, 0.2) is 5.41 Å². The van der Waals surface area contributed by atoms with Gasteiger partial charge in [0.1, 0.15) is 0 Å². The maximum absolute atomic E-state index is 12.2. The van der Waals surface area contributed by atoms with Gasteiger partial charge >= 0.3 is 11.9 Å². The van der Waals surface area contributed by atoms with E-state index in [1.165, 1.54) is 6.92 Å². The Bertz CT molecular complexity index is 495. The van der Waals surface area contributed by atoms with Crippen molar-refractivity contribution in [2.45, 2.75) is 38.7 Å². The van der Waals surface area contributed by atoms with Crippen molar-refractivity contribution < 1.29 is 24.5 Å². The highest BCUT2D eigenvalue weighted by molar-refractivity contribution is 6.05. The highest BCUT2D eigenvalue weighted by Gasteiger charge is 2.50. The largest absolute Gasteiger partial charge is 0.480 e. The number of rotatable bonds is 6. The smallest absolute Gasteiger partial charge is 0.328 e. The van der Waals surface area contributed by atoms with E-state index in [0.717, 1.165) is 5.56 Å². The Balaban J connectivity index is 3.44. The molecular weight excluding hydrogens is 260 g/mol. The van der Waals surface area contributed by atoms with E-state index in [4.69, 9.17) is 4.74 Å². The number of benzene rings is 1. The molecule has 1 aromatic carbocycles. The predicted octanol–water partition coefficient (Wildman–Crippen LogP) is 1.65. The molecule has 0 spiro atoms. The van der Waals surface area contributed by atoms with E-state index in [1.54, 1.807) is 25.1 Å². The molecule has 0 amide bonds. The van der Waals surface area contributed by atoms with Crippen molar-refractivity contribution in [3.63, 3.8) is 0 Å². The van der Waals surface area contributed by atoms with Crippen molar-refractivity contribution in [2.75, 3.05) is 6.61 Å². The summed E-state index contributed by atoms with van der Waals surface area (Å²) in [7, 11) is 0. The molecule has 0 aromatic heterocycles. The fraction of sp³-hybridized carbons (Fsp3) is 0.467. The van der Waals surface area contributed by atoms with Crippen LogP contribution in [0.1, 0.15) is 31.4 Å². The standard InChI is InChI=1S/C15H20O5/c1-4-20-14(19)15(13(17)18,9-11(3)16)12-7-5-6-10(2)8-12/h5-8,11,16H,4,9H2,1-3H3,(H,17,18). The first-order valence-electron chi connectivity index (χ1n) is 6.50. The molecule has 1 rings (SSSR count). The summed E-state index contributed by atoms with van der Waals surface area (Å²) in [6.45, 7) is 4.96. The Morgan fingerprint density at radius 2 is 2.05 bits per heavy atom. The van der Waals surface area contributed by atoms with E-state index in [-0.39, 0.29) is 13.0 Å². The average Bonchev–Trinajstić information content (AvgIpc) is 2.35. The molecule has 0 fully saturated rings. The molecule has 20 heavy (non-hydrogen) atoms. The number of esters is 1. The fourth-order valence-electron chi connectivity index (χ4n) is 2.23. The molecule has 0 saturated heterocycles. The molecule has 0 bridgehead atoms. The van der Waals surface area contributed by atoms with Crippen LogP contribution in [-0.4, -0.2) is 34.9 Å². The Morgan fingerprint density at radius 1 is 1.40 bits per heavy atom. The van der Waals surface area contributed by atoms with Gasteiger partial charge in [0.25, 0.3) is 0 Å². The second kappa shape index (κ2) is 6.52. The molecule has 110 valence electrons. The number of carbonyl (C=O) groups excluding carboxylic acids is 1. The first-order chi connectivity index (χ1) is 9.34. The van der Waals surface area contributed by atoms with Crippen LogP contribution in [0.2, 0.25) is 0 Å². The van der Waals surface area contributed by atoms with Gasteiger partial charge in [-0.25, -0.2) is 0 Å². The highest BCUT2D eigenvalue weighted by Crippen LogP contribution is 2.32. The molecule has 2 atom stereocenters. The van der Waals surface area contributed by atoms with Crippen LogP contribution in [0.3, 0.4) is 0 Å². The summed E-state index contributed by atoms with van der Waals surface area (Å²) in [6.07, 6.45) is -1.18. The van der Waals surface area contributed by atoms with E-state index in [2.05, 4.69) is 0 Å². The third kappa shape index (κ3) is 3.17. The number of carboxylic acid groups (broad SMARTS) is 1. The molecule has 0 saturated carbocycles. The predicted molar refractivity (Wildman–Crippen MR) is 73.4 cm³/mol. The number of aryl methyl sites for hydroxylation is 1. The summed E-state index contributed by atoms with van der Waals surface area (Å²) in [5.74, 6) is -2.17. The van der Waals surface area contributed by atoms with Crippen molar-refractivity contribution >= 4 is 11.9 Å². The molecule has 0 radical (unpaired) electrons. The Morgan fingerprint density at radius 3 is 2.50 bits per heavy atom. The molecule has 5 heteroatoms. The third-order valence-electron chi connectivity index (χ3n) is 3.10. The van der Waals surface area contributed by atoms with E-state index in [9.17, 15) is 19.8 Å². The van der Waals surface area contributed by atoms with Gasteiger partial charge in [-0.05, 0) is 26.3 Å². The maximum Gasteiger partial charge on any atom is 0.328 e. The van der Waals surface area contributed by atoms with Crippen molar-refractivity contribution in [3.8, 4) is 0 Å². The first-order valence-corrected chi connectivity index (χ1v) is 6.50. The SMILES string of the molecule is CCOC(=O)C(CC(C)O)(C(=O)O)c1cccc(C)c1. The summed E-state index contributed by atoms with van der Waals surface area (Å²) in [4.78, 5) is 24.0. The van der Waals surface area contributed by atoms with Gasteiger partial charge in [-0.15, -0.1) is 0 Å². The summed E-state index contributed by atoms with van der Waals surface area (Å²) in [5, 5.41) is 19.2. The number of aliphatic hydroxyl groups is 1. The van der Waals surface area contributed by atoms with E-state index in [1.807, 2.05) is 13.0 Å². The molecule has 0 aliphatic heterocycles. The minimum Gasteiger partial charge on any atom is -0.480 e. The lowest BCUT2D eigenvalue weighted by atomic mass is 9.75. The number of carboxylic acids is 1. The number of aliphatic carboxylic acids is 1. The normalized spacial score (nSPS) is 15.2. The number of ether oxygens (including phenoxy) is 1. The monoisotopic (exact) mass is 280 g/mol. The number of carbonyl (C=O) groups is 2. The van der Waals surface area contributed by atoms with Gasteiger partial charge < -0.3 is 14.9 Å². The van der Waals surface area contributed by atoms with Crippen molar-refractivity contribution in [3.05, 3.63) is 35.4 Å². The lowest BCUT2D eigenvalue weighted by Gasteiger charge is -2.29. The molecule has 1 aromatic rings. The molecule has 0 heterocycles. The first kappa shape index (κ1) is 16.2. The zero-order valence-electron chi connectivity index (χ0n) is 11.9. The highest BCUT2D eigenvalue weighted by atomic mass is 16.5. The molecule has 5 nitrogen and oxygen atoms in total. The summed E-state index contributed by atoms with van der Waals surface area (Å²) in [5.41, 5.74) is -0.719. The van der Waals surface area contributed by atoms with Crippen LogP contribution in [0.15, 0.2) is 24.3 Å². The summed E-state index contributed by atoms with van der Waals surface area (Å²) >= 11 is 0. The van der Waals surface area contributed by atoms with Crippen molar-refractivity contribution in [1.82, 2.24) is 0 Å². The quantitative estimate of drug-likeness (QED) is 0.611. The molecular formula is C15H20O5. The lowest BCUT2D eigenvalue weighted by Crippen LogP contribution is -2.47. The molecule has 2 unspecified atom stereocenters. The van der Waals surface area contributed by atoms with Crippen LogP contribution in [0.25, 0.3) is 0 Å². The van der Waals surface area contributed by atoms with Gasteiger partial charge in [0, 0.05) is 6.42 Å². The van der Waals surface area contributed by atoms with Crippen LogP contribution in [-0.2, 0) is 19.7 Å². The fourth-order valence-corrected chi connectivity index (χ4v) is 2.23. The Hall–Kier alpha value is -1.88. The van der Waals surface area contributed by atoms with E-state index >= 15 is 0 Å². The summed E-state index contributed by atoms with van der Waals surface area (Å²) < 4.78 is 4.93. The Labute approximate surface area is 118 Å². The van der Waals surface area contributed by atoms with Gasteiger partial charge in [-0.1, -0.05) is 29.8 Å². The minimum absolute atomic E-state index is 0.0828. The summed E-state index contributed by atoms with van der Waals surface area (Å²) in [6, 6.07) is 6.70. The third-order valence-corrected chi connectivity index (χ3v) is 3.10. The topological polar surface area (TPSA) is 83.8 Å². The van der Waals surface area contributed by atoms with Gasteiger partial charge in [0.05, 0.1) is 12.7 Å². The van der Waals surface area contributed by atoms with Gasteiger partial charge in [-0.2, -0.15) is 0 Å². The van der Waals surface area contributed by atoms with Crippen molar-refractivity contribution in [1.29, 1.82) is 0 Å². The van der Waals surface area contributed by atoms with E-state index < -0.39 is 23.5 Å². The van der Waals surface area contributed by atoms with Crippen LogP contribution in [0.4, 0.5) is 0 Å². The van der Waals surface area contributed by atoms with Gasteiger partial charge in [-0.3, -0.25) is 9.59 Å². The van der Waals surface area contributed by atoms with E-state index in [0.29, 0.717) is 5.56 Å². The van der Waals surface area contributed by atoms with Crippen molar-refractivity contribution in [2.24, 2.45) is 0 Å². The van der Waals surface area contributed by atoms with Gasteiger partial charge in [0.2, 0.25) is 0 Å². The van der Waals surface area contributed by atoms with Crippen LogP contribution < -0.4 is 0 Å². The zero-order chi connectivity index (χ0) is 15.3. The van der Waals surface area contributed by atoms with Crippen LogP contribution in [0.5, 0.6) is 0 Å². The zero-order valence-corrected chi connectivity index (χ0v) is 11.9. The Kier molecular flexibility index (Phi) is 5.27. The lowest BCUT2D eigenvalue weighted by molar-refractivity contribution is -0.163. The molecule has 0 aliphatic rings. The number of aliphatic hydroxyl groups excluding tert-OH is 1. The average molecular weight is 280 g/mol. The molecule has 0 aliphatic carbocycles. The maximum atomic E-state index is 12.2. The molecule has 2 N–H and O–H groups in total.